The quantitative estimate of drug-likeness (QED) is 0.860. The zero-order valence-corrected chi connectivity index (χ0v) is 15.2. The lowest BCUT2D eigenvalue weighted by atomic mass is 9.89. The summed E-state index contributed by atoms with van der Waals surface area (Å²) in [5, 5.41) is 3.03. The lowest BCUT2D eigenvalue weighted by molar-refractivity contribution is -0.123. The fourth-order valence-electron chi connectivity index (χ4n) is 3.69. The first-order valence-corrected chi connectivity index (χ1v) is 9.50. The lowest BCUT2D eigenvalue weighted by Crippen LogP contribution is -2.36. The Balaban J connectivity index is 1.50. The molecule has 1 aromatic carbocycles. The Morgan fingerprint density at radius 2 is 2.08 bits per heavy atom. The lowest BCUT2D eigenvalue weighted by Gasteiger charge is -2.27. The molecule has 1 amide bonds. The minimum Gasteiger partial charge on any atom is -0.379 e. The molecule has 1 aromatic rings. The van der Waals surface area contributed by atoms with Gasteiger partial charge in [-0.25, -0.2) is 0 Å². The number of hydrogen-bond donors (Lipinski definition) is 1. The summed E-state index contributed by atoms with van der Waals surface area (Å²) in [5.74, 6) is 0.642. The van der Waals surface area contributed by atoms with Gasteiger partial charge in [-0.15, -0.1) is 0 Å². The second-order valence-corrected chi connectivity index (χ2v) is 7.30. The van der Waals surface area contributed by atoms with Gasteiger partial charge in [0.05, 0.1) is 19.3 Å². The highest BCUT2D eigenvalue weighted by molar-refractivity contribution is 5.92. The van der Waals surface area contributed by atoms with E-state index in [-0.39, 0.29) is 18.6 Å². The second kappa shape index (κ2) is 9.32. The van der Waals surface area contributed by atoms with E-state index in [4.69, 9.17) is 9.47 Å². The minimum atomic E-state index is -0.0624. The van der Waals surface area contributed by atoms with Crippen molar-refractivity contribution in [2.45, 2.75) is 45.3 Å². The fourth-order valence-corrected chi connectivity index (χ4v) is 3.69. The molecule has 5 nitrogen and oxygen atoms in total. The van der Waals surface area contributed by atoms with Crippen molar-refractivity contribution < 1.29 is 14.3 Å². The summed E-state index contributed by atoms with van der Waals surface area (Å²) in [6.45, 7) is 6.67. The van der Waals surface area contributed by atoms with E-state index in [2.05, 4.69) is 23.2 Å². The van der Waals surface area contributed by atoms with Crippen LogP contribution in [0.25, 0.3) is 0 Å². The molecule has 1 aliphatic heterocycles. The zero-order chi connectivity index (χ0) is 17.5. The number of carbonyl (C=O) groups is 1. The average Bonchev–Trinajstić information content (AvgIpc) is 2.63. The molecule has 1 aliphatic carbocycles. The first kappa shape index (κ1) is 18.4. The molecule has 5 heteroatoms. The largest absolute Gasteiger partial charge is 0.379 e. The number of rotatable bonds is 6. The highest BCUT2D eigenvalue weighted by Crippen LogP contribution is 2.25. The van der Waals surface area contributed by atoms with Gasteiger partial charge in [0.15, 0.2) is 0 Å². The number of amides is 1. The van der Waals surface area contributed by atoms with E-state index in [1.54, 1.807) is 0 Å². The third-order valence-corrected chi connectivity index (χ3v) is 5.13. The average molecular weight is 346 g/mol. The smallest absolute Gasteiger partial charge is 0.250 e. The molecule has 2 unspecified atom stereocenters. The van der Waals surface area contributed by atoms with E-state index >= 15 is 0 Å². The predicted octanol–water partition coefficient (Wildman–Crippen LogP) is 3.05. The van der Waals surface area contributed by atoms with Gasteiger partial charge >= 0.3 is 0 Å². The highest BCUT2D eigenvalue weighted by atomic mass is 16.5. The SMILES string of the molecule is CC1CCCC(OCC(=O)Nc2ccccc2CN2CCOCC2)C1. The monoisotopic (exact) mass is 346 g/mol. The van der Waals surface area contributed by atoms with Crippen LogP contribution in [0, 0.1) is 5.92 Å². The molecule has 2 aliphatic rings. The van der Waals surface area contributed by atoms with Crippen molar-refractivity contribution in [1.29, 1.82) is 0 Å². The van der Waals surface area contributed by atoms with Gasteiger partial charge in [-0.1, -0.05) is 38.0 Å². The number of ether oxygens (including phenoxy) is 2. The molecule has 25 heavy (non-hydrogen) atoms. The molecule has 0 aromatic heterocycles. The van der Waals surface area contributed by atoms with Crippen molar-refractivity contribution >= 4 is 11.6 Å². The van der Waals surface area contributed by atoms with Crippen molar-refractivity contribution in [3.8, 4) is 0 Å². The summed E-state index contributed by atoms with van der Waals surface area (Å²) < 4.78 is 11.2. The van der Waals surface area contributed by atoms with Gasteiger partial charge in [-0.2, -0.15) is 0 Å². The molecule has 1 N–H and O–H groups in total. The van der Waals surface area contributed by atoms with E-state index in [9.17, 15) is 4.79 Å². The van der Waals surface area contributed by atoms with Crippen LogP contribution in [0.2, 0.25) is 0 Å². The summed E-state index contributed by atoms with van der Waals surface area (Å²) in [7, 11) is 0. The van der Waals surface area contributed by atoms with Crippen LogP contribution < -0.4 is 5.32 Å². The van der Waals surface area contributed by atoms with Gasteiger partial charge in [-0.3, -0.25) is 9.69 Å². The highest BCUT2D eigenvalue weighted by Gasteiger charge is 2.20. The van der Waals surface area contributed by atoms with Gasteiger partial charge in [0.25, 0.3) is 0 Å². The normalized spacial score (nSPS) is 24.8. The van der Waals surface area contributed by atoms with Crippen molar-refractivity contribution in [1.82, 2.24) is 4.90 Å². The summed E-state index contributed by atoms with van der Waals surface area (Å²) >= 11 is 0. The fraction of sp³-hybridized carbons (Fsp3) is 0.650. The summed E-state index contributed by atoms with van der Waals surface area (Å²) in [6.07, 6.45) is 4.86. The van der Waals surface area contributed by atoms with E-state index in [1.807, 2.05) is 18.2 Å². The van der Waals surface area contributed by atoms with Crippen molar-refractivity contribution in [2.24, 2.45) is 5.92 Å². The second-order valence-electron chi connectivity index (χ2n) is 7.30. The van der Waals surface area contributed by atoms with Crippen molar-refractivity contribution in [3.63, 3.8) is 0 Å². The third-order valence-electron chi connectivity index (χ3n) is 5.13. The molecule has 0 bridgehead atoms. The first-order chi connectivity index (χ1) is 12.2. The zero-order valence-electron chi connectivity index (χ0n) is 15.2. The predicted molar refractivity (Wildman–Crippen MR) is 98.5 cm³/mol. The van der Waals surface area contributed by atoms with Crippen LogP contribution in [0.4, 0.5) is 5.69 Å². The van der Waals surface area contributed by atoms with E-state index in [0.717, 1.165) is 56.9 Å². The van der Waals surface area contributed by atoms with Crippen LogP contribution in [-0.2, 0) is 20.8 Å². The number of morpholine rings is 1. The third kappa shape index (κ3) is 5.80. The Hall–Kier alpha value is -1.43. The molecule has 1 saturated carbocycles. The number of nitrogens with one attached hydrogen (secondary N) is 1. The Labute approximate surface area is 150 Å². The number of carbonyl (C=O) groups excluding carboxylic acids is 1. The molecular weight excluding hydrogens is 316 g/mol. The van der Waals surface area contributed by atoms with E-state index < -0.39 is 0 Å². The van der Waals surface area contributed by atoms with Crippen LogP contribution in [0.5, 0.6) is 0 Å². The summed E-state index contributed by atoms with van der Waals surface area (Å²) in [5.41, 5.74) is 2.03. The van der Waals surface area contributed by atoms with Gasteiger partial charge in [0.2, 0.25) is 5.91 Å². The molecule has 0 spiro atoms. The number of nitrogens with zero attached hydrogens (tertiary/aromatic N) is 1. The van der Waals surface area contributed by atoms with Crippen LogP contribution in [0.15, 0.2) is 24.3 Å². The van der Waals surface area contributed by atoms with Gasteiger partial charge in [-0.05, 0) is 30.4 Å². The number of benzene rings is 1. The Morgan fingerprint density at radius 1 is 1.28 bits per heavy atom. The Kier molecular flexibility index (Phi) is 6.84. The maximum Gasteiger partial charge on any atom is 0.250 e. The van der Waals surface area contributed by atoms with Crippen LogP contribution >= 0.6 is 0 Å². The minimum absolute atomic E-state index is 0.0624. The molecule has 1 heterocycles. The molecule has 0 radical (unpaired) electrons. The molecular formula is C20H30N2O3. The summed E-state index contributed by atoms with van der Waals surface area (Å²) in [6, 6.07) is 8.03. The maximum absolute atomic E-state index is 12.3. The molecule has 2 atom stereocenters. The standard InChI is InChI=1S/C20H30N2O3/c1-16-5-4-7-18(13-16)25-15-20(23)21-19-8-3-2-6-17(19)14-22-9-11-24-12-10-22/h2-3,6,8,16,18H,4-5,7,9-15H2,1H3,(H,21,23). The van der Waals surface area contributed by atoms with E-state index in [0.29, 0.717) is 5.92 Å². The maximum atomic E-state index is 12.3. The van der Waals surface area contributed by atoms with Crippen LogP contribution in [0.3, 0.4) is 0 Å². The van der Waals surface area contributed by atoms with Gasteiger partial charge < -0.3 is 14.8 Å². The number of anilines is 1. The van der Waals surface area contributed by atoms with Crippen LogP contribution in [0.1, 0.15) is 38.2 Å². The Morgan fingerprint density at radius 3 is 2.88 bits per heavy atom. The summed E-state index contributed by atoms with van der Waals surface area (Å²) in [4.78, 5) is 14.7. The first-order valence-electron chi connectivity index (χ1n) is 9.50. The van der Waals surface area contributed by atoms with Gasteiger partial charge in [0, 0.05) is 25.3 Å². The van der Waals surface area contributed by atoms with Crippen molar-refractivity contribution in [3.05, 3.63) is 29.8 Å². The molecule has 138 valence electrons. The van der Waals surface area contributed by atoms with E-state index in [1.165, 1.54) is 12.8 Å². The number of hydrogen-bond acceptors (Lipinski definition) is 4. The van der Waals surface area contributed by atoms with Gasteiger partial charge in [0.1, 0.15) is 6.61 Å². The molecule has 3 rings (SSSR count). The molecule has 2 fully saturated rings. The topological polar surface area (TPSA) is 50.8 Å². The number of para-hydroxylation sites is 1. The Bertz CT molecular complexity index is 558. The van der Waals surface area contributed by atoms with Crippen molar-refractivity contribution in [2.75, 3.05) is 38.2 Å². The molecule has 1 saturated heterocycles. The van der Waals surface area contributed by atoms with Crippen LogP contribution in [-0.4, -0.2) is 49.8 Å².